The maximum Gasteiger partial charge on any atom is 0.420 e. The molecule has 1 fully saturated rings. The summed E-state index contributed by atoms with van der Waals surface area (Å²) in [5.74, 6) is -0.499. The van der Waals surface area contributed by atoms with Crippen molar-refractivity contribution >= 4 is 17.5 Å². The first kappa shape index (κ1) is 13.6. The summed E-state index contributed by atoms with van der Waals surface area (Å²) in [5, 5.41) is -0.812. The predicted molar refractivity (Wildman–Crippen MR) is 52.3 cm³/mol. The van der Waals surface area contributed by atoms with Crippen LogP contribution in [0.5, 0.6) is 0 Å². The van der Waals surface area contributed by atoms with Crippen LogP contribution in [0.15, 0.2) is 0 Å². The summed E-state index contributed by atoms with van der Waals surface area (Å²) in [6.45, 7) is 1.93. The minimum atomic E-state index is -4.46. The fourth-order valence-electron chi connectivity index (χ4n) is 1.61. The number of halogens is 4. The van der Waals surface area contributed by atoms with Gasteiger partial charge in [0.05, 0.1) is 13.1 Å². The van der Waals surface area contributed by atoms with Gasteiger partial charge in [-0.25, -0.2) is 0 Å². The monoisotopic (exact) mass is 259 g/mol. The van der Waals surface area contributed by atoms with Crippen LogP contribution < -0.4 is 0 Å². The number of rotatable bonds is 3. The largest absolute Gasteiger partial charge is 0.420 e. The third-order valence-corrected chi connectivity index (χ3v) is 2.67. The molecule has 0 saturated carbocycles. The number of nitrogens with zero attached hydrogens (tertiary/aromatic N) is 1. The molecule has 0 N–H and O–H groups in total. The molecule has 0 aliphatic carbocycles. The molecule has 1 rings (SSSR count). The zero-order valence-electron chi connectivity index (χ0n) is 8.97. The quantitative estimate of drug-likeness (QED) is 0.724. The van der Waals surface area contributed by atoms with Crippen molar-refractivity contribution in [2.24, 2.45) is 0 Å². The zero-order valence-corrected chi connectivity index (χ0v) is 9.73. The van der Waals surface area contributed by atoms with Crippen molar-refractivity contribution in [2.75, 3.05) is 19.7 Å². The molecular formula is C9H13ClF3NO2. The first-order valence-electron chi connectivity index (χ1n) is 4.87. The number of alkyl halides is 4. The number of hydrogen-bond donors (Lipinski definition) is 0. The summed E-state index contributed by atoms with van der Waals surface area (Å²) < 4.78 is 42.8. The van der Waals surface area contributed by atoms with Crippen LogP contribution in [0, 0.1) is 0 Å². The molecule has 0 aromatic carbocycles. The Hall–Kier alpha value is -0.490. The summed E-state index contributed by atoms with van der Waals surface area (Å²) >= 11 is 5.51. The lowest BCUT2D eigenvalue weighted by Crippen LogP contribution is -2.72. The molecule has 3 nitrogen and oxygen atoms in total. The zero-order chi connectivity index (χ0) is 12.6. The number of likely N-dealkylation sites (tertiary alicyclic amines) is 1. The van der Waals surface area contributed by atoms with Crippen molar-refractivity contribution in [1.82, 2.24) is 4.90 Å². The summed E-state index contributed by atoms with van der Waals surface area (Å²) in [6.07, 6.45) is -4.46. The van der Waals surface area contributed by atoms with Crippen LogP contribution in [-0.2, 0) is 9.53 Å². The minimum absolute atomic E-state index is 0.0437. The number of ether oxygens (including phenoxy) is 1. The van der Waals surface area contributed by atoms with Gasteiger partial charge >= 0.3 is 6.18 Å². The number of amides is 1. The van der Waals surface area contributed by atoms with Crippen LogP contribution in [0.3, 0.4) is 0 Å². The number of carbonyl (C=O) groups excluding carboxylic acids is 1. The van der Waals surface area contributed by atoms with Crippen LogP contribution in [0.4, 0.5) is 13.2 Å². The van der Waals surface area contributed by atoms with Crippen molar-refractivity contribution in [3.8, 4) is 0 Å². The van der Waals surface area contributed by atoms with Gasteiger partial charge in [-0.2, -0.15) is 13.2 Å². The molecule has 1 amide bonds. The highest BCUT2D eigenvalue weighted by atomic mass is 35.5. The molecule has 0 unspecified atom stereocenters. The van der Waals surface area contributed by atoms with Crippen molar-refractivity contribution in [3.63, 3.8) is 0 Å². The van der Waals surface area contributed by atoms with Crippen molar-refractivity contribution < 1.29 is 22.7 Å². The van der Waals surface area contributed by atoms with E-state index in [1.54, 1.807) is 0 Å². The smallest absolute Gasteiger partial charge is 0.362 e. The maximum absolute atomic E-state index is 12.7. The lowest BCUT2D eigenvalue weighted by Gasteiger charge is -2.50. The molecule has 1 heterocycles. The van der Waals surface area contributed by atoms with E-state index >= 15 is 0 Å². The second-order valence-corrected chi connectivity index (χ2v) is 4.39. The van der Waals surface area contributed by atoms with E-state index in [-0.39, 0.29) is 6.61 Å². The van der Waals surface area contributed by atoms with Crippen molar-refractivity contribution in [2.45, 2.75) is 31.0 Å². The van der Waals surface area contributed by atoms with E-state index in [4.69, 9.17) is 16.3 Å². The van der Waals surface area contributed by atoms with Gasteiger partial charge in [-0.05, 0) is 13.8 Å². The van der Waals surface area contributed by atoms with Crippen LogP contribution in [0.1, 0.15) is 13.8 Å². The molecule has 7 heteroatoms. The van der Waals surface area contributed by atoms with E-state index in [1.807, 2.05) is 0 Å². The molecule has 1 atom stereocenters. The predicted octanol–water partition coefficient (Wildman–Crippen LogP) is 1.79. The topological polar surface area (TPSA) is 29.5 Å². The molecular weight excluding hydrogens is 247 g/mol. The van der Waals surface area contributed by atoms with Gasteiger partial charge in [0.2, 0.25) is 5.91 Å². The average Bonchev–Trinajstić information content (AvgIpc) is 2.07. The Balaban J connectivity index is 2.67. The Bertz CT molecular complexity index is 274. The SMILES string of the molecule is CCOC1(C(F)(F)F)CN(C(=O)[C@@H](C)Cl)C1. The summed E-state index contributed by atoms with van der Waals surface area (Å²) in [6, 6.07) is 0. The van der Waals surface area contributed by atoms with E-state index in [0.717, 1.165) is 4.90 Å². The Morgan fingerprint density at radius 3 is 2.38 bits per heavy atom. The van der Waals surface area contributed by atoms with E-state index in [9.17, 15) is 18.0 Å². The highest BCUT2D eigenvalue weighted by molar-refractivity contribution is 6.30. The first-order chi connectivity index (χ1) is 7.23. The van der Waals surface area contributed by atoms with Gasteiger partial charge in [-0.3, -0.25) is 4.79 Å². The molecule has 0 radical (unpaired) electrons. The molecule has 1 aliphatic heterocycles. The highest BCUT2D eigenvalue weighted by Gasteiger charge is 2.64. The van der Waals surface area contributed by atoms with Gasteiger partial charge in [0.1, 0.15) is 5.38 Å². The first-order valence-corrected chi connectivity index (χ1v) is 5.30. The normalized spacial score (nSPS) is 21.5. The fourth-order valence-corrected chi connectivity index (χ4v) is 1.74. The van der Waals surface area contributed by atoms with Gasteiger partial charge in [-0.1, -0.05) is 0 Å². The molecule has 0 spiro atoms. The Morgan fingerprint density at radius 1 is 1.56 bits per heavy atom. The molecule has 16 heavy (non-hydrogen) atoms. The maximum atomic E-state index is 12.7. The lowest BCUT2D eigenvalue weighted by atomic mass is 9.92. The Labute approximate surface area is 96.5 Å². The van der Waals surface area contributed by atoms with Crippen LogP contribution in [0.25, 0.3) is 0 Å². The minimum Gasteiger partial charge on any atom is -0.362 e. The van der Waals surface area contributed by atoms with Gasteiger partial charge in [-0.15, -0.1) is 11.6 Å². The van der Waals surface area contributed by atoms with Gasteiger partial charge < -0.3 is 9.64 Å². The molecule has 1 saturated heterocycles. The van der Waals surface area contributed by atoms with Crippen molar-refractivity contribution in [1.29, 1.82) is 0 Å². The average molecular weight is 260 g/mol. The van der Waals surface area contributed by atoms with Crippen LogP contribution in [0.2, 0.25) is 0 Å². The highest BCUT2D eigenvalue weighted by Crippen LogP contribution is 2.41. The van der Waals surface area contributed by atoms with Gasteiger partial charge in [0.25, 0.3) is 0 Å². The molecule has 1 aliphatic rings. The molecule has 0 aromatic heterocycles. The Morgan fingerprint density at radius 2 is 2.06 bits per heavy atom. The van der Waals surface area contributed by atoms with E-state index in [2.05, 4.69) is 0 Å². The third-order valence-electron chi connectivity index (χ3n) is 2.48. The van der Waals surface area contributed by atoms with E-state index in [1.165, 1.54) is 13.8 Å². The van der Waals surface area contributed by atoms with Crippen molar-refractivity contribution in [3.05, 3.63) is 0 Å². The number of hydrogen-bond acceptors (Lipinski definition) is 2. The second-order valence-electron chi connectivity index (χ2n) is 3.74. The fraction of sp³-hybridized carbons (Fsp3) is 0.889. The van der Waals surface area contributed by atoms with E-state index in [0.29, 0.717) is 0 Å². The number of carbonyl (C=O) groups is 1. The van der Waals surface area contributed by atoms with Gasteiger partial charge in [0.15, 0.2) is 5.60 Å². The molecule has 0 bridgehead atoms. The van der Waals surface area contributed by atoms with Crippen LogP contribution in [-0.4, -0.2) is 47.7 Å². The van der Waals surface area contributed by atoms with Crippen LogP contribution >= 0.6 is 11.6 Å². The third kappa shape index (κ3) is 2.27. The van der Waals surface area contributed by atoms with E-state index < -0.39 is 36.2 Å². The summed E-state index contributed by atoms with van der Waals surface area (Å²) in [7, 11) is 0. The summed E-state index contributed by atoms with van der Waals surface area (Å²) in [4.78, 5) is 12.4. The lowest BCUT2D eigenvalue weighted by molar-refractivity contribution is -0.313. The molecule has 94 valence electrons. The summed E-state index contributed by atoms with van der Waals surface area (Å²) in [5.41, 5.74) is -2.21. The molecule has 0 aromatic rings. The van der Waals surface area contributed by atoms with Gasteiger partial charge in [0, 0.05) is 6.61 Å². The second kappa shape index (κ2) is 4.41. The standard InChI is InChI=1S/C9H13ClF3NO2/c1-3-16-8(9(11,12)13)4-14(5-8)7(15)6(2)10/h6H,3-5H2,1-2H3/t6-/m1/s1. The Kier molecular flexibility index (Phi) is 3.74.